The molecule has 1 aromatic rings. The molecule has 2 atom stereocenters. The van der Waals surface area contributed by atoms with Gasteiger partial charge in [0.25, 0.3) is 0 Å². The van der Waals surface area contributed by atoms with E-state index in [-0.39, 0.29) is 11.8 Å². The molecule has 0 aliphatic carbocycles. The topological polar surface area (TPSA) is 90.9 Å². The number of rotatable bonds is 3. The van der Waals surface area contributed by atoms with Crippen LogP contribution in [0.1, 0.15) is 25.1 Å². The monoisotopic (exact) mass is 258 g/mol. The molecule has 0 bridgehead atoms. The maximum Gasteiger partial charge on any atom is 0.154 e. The molecule has 2 rings (SSSR count). The summed E-state index contributed by atoms with van der Waals surface area (Å²) in [5.74, 6) is 1.00. The lowest BCUT2D eigenvalue weighted by atomic mass is 10.0. The van der Waals surface area contributed by atoms with Crippen molar-refractivity contribution in [2.75, 3.05) is 5.75 Å². The first-order chi connectivity index (χ1) is 8.00. The minimum absolute atomic E-state index is 0.268. The number of nitrogens with two attached hydrogens (primary N) is 1. The van der Waals surface area contributed by atoms with Gasteiger partial charge in [-0.1, -0.05) is 6.42 Å². The van der Waals surface area contributed by atoms with Gasteiger partial charge in [0, 0.05) is 19.5 Å². The van der Waals surface area contributed by atoms with Gasteiger partial charge in [0.15, 0.2) is 9.84 Å². The van der Waals surface area contributed by atoms with Gasteiger partial charge in [0.05, 0.1) is 11.0 Å². The third kappa shape index (κ3) is 2.66. The number of aryl methyl sites for hydroxylation is 1. The Morgan fingerprint density at radius 1 is 1.59 bits per heavy atom. The highest BCUT2D eigenvalue weighted by molar-refractivity contribution is 7.92. The van der Waals surface area contributed by atoms with Crippen LogP contribution in [0.5, 0.6) is 0 Å². The maximum atomic E-state index is 11.9. The second kappa shape index (κ2) is 4.73. The Kier molecular flexibility index (Phi) is 3.48. The fourth-order valence-electron chi connectivity index (χ4n) is 2.31. The van der Waals surface area contributed by atoms with Crippen molar-refractivity contribution in [2.45, 2.75) is 37.0 Å². The molecule has 1 aliphatic heterocycles. The number of hydrogen-bond donors (Lipinski definition) is 1. The van der Waals surface area contributed by atoms with E-state index in [1.807, 2.05) is 0 Å². The van der Waals surface area contributed by atoms with Crippen molar-refractivity contribution in [2.24, 2.45) is 12.8 Å². The van der Waals surface area contributed by atoms with E-state index in [9.17, 15) is 8.42 Å². The van der Waals surface area contributed by atoms with Crippen LogP contribution in [0, 0.1) is 0 Å². The fourth-order valence-corrected chi connectivity index (χ4v) is 4.37. The predicted octanol–water partition coefficient (Wildman–Crippen LogP) is -0.348. The van der Waals surface area contributed by atoms with Crippen LogP contribution in [0.3, 0.4) is 0 Å². The maximum absolute atomic E-state index is 11.9. The van der Waals surface area contributed by atoms with Gasteiger partial charge in [-0.25, -0.2) is 13.4 Å². The normalized spacial score (nSPS) is 25.6. The molecule has 1 aliphatic rings. The zero-order chi connectivity index (χ0) is 12.5. The first-order valence-corrected chi connectivity index (χ1v) is 7.52. The Morgan fingerprint density at radius 2 is 2.35 bits per heavy atom. The van der Waals surface area contributed by atoms with Crippen LogP contribution >= 0.6 is 0 Å². The Bertz CT molecular complexity index is 482. The molecular weight excluding hydrogens is 240 g/mol. The van der Waals surface area contributed by atoms with Crippen LogP contribution < -0.4 is 5.73 Å². The smallest absolute Gasteiger partial charge is 0.154 e. The number of aromatic nitrogens is 3. The van der Waals surface area contributed by atoms with E-state index in [4.69, 9.17) is 5.73 Å². The van der Waals surface area contributed by atoms with E-state index in [0.29, 0.717) is 12.8 Å². The Morgan fingerprint density at radius 3 is 2.94 bits per heavy atom. The molecule has 2 heterocycles. The van der Waals surface area contributed by atoms with Crippen LogP contribution in [-0.4, -0.2) is 40.2 Å². The Balaban J connectivity index is 2.09. The van der Waals surface area contributed by atoms with Crippen molar-refractivity contribution >= 4 is 9.84 Å². The summed E-state index contributed by atoms with van der Waals surface area (Å²) in [6, 6.07) is -0.386. The fraction of sp³-hybridized carbons (Fsp3) is 0.800. The second-order valence-corrected chi connectivity index (χ2v) is 6.91. The lowest BCUT2D eigenvalue weighted by Crippen LogP contribution is -2.45. The third-order valence-electron chi connectivity index (χ3n) is 3.33. The second-order valence-electron chi connectivity index (χ2n) is 4.57. The summed E-state index contributed by atoms with van der Waals surface area (Å²) in [5.41, 5.74) is 6.02. The molecule has 0 amide bonds. The van der Waals surface area contributed by atoms with Crippen LogP contribution in [0.4, 0.5) is 0 Å². The lowest BCUT2D eigenvalue weighted by molar-refractivity contribution is 0.485. The van der Waals surface area contributed by atoms with Crippen molar-refractivity contribution in [3.8, 4) is 0 Å². The molecule has 0 radical (unpaired) electrons. The Labute approximate surface area is 101 Å². The molecule has 0 saturated carbocycles. The molecule has 1 saturated heterocycles. The quantitative estimate of drug-likeness (QED) is 0.800. The van der Waals surface area contributed by atoms with Gasteiger partial charge in [-0.05, 0) is 12.8 Å². The average molecular weight is 258 g/mol. The summed E-state index contributed by atoms with van der Waals surface area (Å²) < 4.78 is 25.5. The molecule has 2 unspecified atom stereocenters. The van der Waals surface area contributed by atoms with E-state index in [2.05, 4.69) is 10.1 Å². The highest BCUT2D eigenvalue weighted by Crippen LogP contribution is 2.22. The summed E-state index contributed by atoms with van der Waals surface area (Å²) >= 11 is 0. The van der Waals surface area contributed by atoms with E-state index in [1.54, 1.807) is 11.7 Å². The van der Waals surface area contributed by atoms with E-state index in [1.165, 1.54) is 6.33 Å². The SMILES string of the molecule is Cn1ncnc1CC(N)C1CCCCS1(=O)=O. The van der Waals surface area contributed by atoms with Crippen molar-refractivity contribution in [3.63, 3.8) is 0 Å². The molecule has 1 fully saturated rings. The van der Waals surface area contributed by atoms with Crippen molar-refractivity contribution in [1.82, 2.24) is 14.8 Å². The van der Waals surface area contributed by atoms with Crippen molar-refractivity contribution in [1.29, 1.82) is 0 Å². The largest absolute Gasteiger partial charge is 0.326 e. The standard InChI is InChI=1S/C10H18N4O2S/c1-14-10(12-7-13-14)6-8(11)9-4-2-3-5-17(9,15)16/h7-9H,2-6,11H2,1H3. The first-order valence-electron chi connectivity index (χ1n) is 5.81. The van der Waals surface area contributed by atoms with E-state index >= 15 is 0 Å². The molecule has 0 spiro atoms. The molecule has 7 heteroatoms. The molecule has 1 aromatic heterocycles. The van der Waals surface area contributed by atoms with Gasteiger partial charge >= 0.3 is 0 Å². The molecule has 6 nitrogen and oxygen atoms in total. The predicted molar refractivity (Wildman–Crippen MR) is 64.1 cm³/mol. The molecule has 96 valence electrons. The zero-order valence-electron chi connectivity index (χ0n) is 9.91. The Hall–Kier alpha value is -0.950. The third-order valence-corrected chi connectivity index (χ3v) is 5.70. The van der Waals surface area contributed by atoms with Gasteiger partial charge in [0.2, 0.25) is 0 Å². The summed E-state index contributed by atoms with van der Waals surface area (Å²) in [7, 11) is -1.24. The average Bonchev–Trinajstić information content (AvgIpc) is 2.63. The van der Waals surface area contributed by atoms with Crippen LogP contribution in [-0.2, 0) is 23.3 Å². The first kappa shape index (κ1) is 12.5. The summed E-state index contributed by atoms with van der Waals surface area (Å²) in [6.45, 7) is 0. The van der Waals surface area contributed by atoms with E-state index in [0.717, 1.165) is 18.7 Å². The van der Waals surface area contributed by atoms with E-state index < -0.39 is 15.1 Å². The van der Waals surface area contributed by atoms with Gasteiger partial charge in [-0.3, -0.25) is 4.68 Å². The number of sulfone groups is 1. The summed E-state index contributed by atoms with van der Waals surface area (Å²) in [5, 5.41) is 3.53. The summed E-state index contributed by atoms with van der Waals surface area (Å²) in [4.78, 5) is 4.08. The van der Waals surface area contributed by atoms with Gasteiger partial charge < -0.3 is 5.73 Å². The molecule has 17 heavy (non-hydrogen) atoms. The molecule has 0 aromatic carbocycles. The molecular formula is C10H18N4O2S. The highest BCUT2D eigenvalue weighted by Gasteiger charge is 2.34. The zero-order valence-corrected chi connectivity index (χ0v) is 10.7. The van der Waals surface area contributed by atoms with Crippen molar-refractivity contribution in [3.05, 3.63) is 12.2 Å². The summed E-state index contributed by atoms with van der Waals surface area (Å²) in [6.07, 6.45) is 4.28. The highest BCUT2D eigenvalue weighted by atomic mass is 32.2. The van der Waals surface area contributed by atoms with Crippen molar-refractivity contribution < 1.29 is 8.42 Å². The van der Waals surface area contributed by atoms with Crippen LogP contribution in [0.2, 0.25) is 0 Å². The van der Waals surface area contributed by atoms with Gasteiger partial charge in [-0.2, -0.15) is 5.10 Å². The van der Waals surface area contributed by atoms with Crippen LogP contribution in [0.15, 0.2) is 6.33 Å². The van der Waals surface area contributed by atoms with Crippen LogP contribution in [0.25, 0.3) is 0 Å². The number of nitrogens with zero attached hydrogens (tertiary/aromatic N) is 3. The minimum Gasteiger partial charge on any atom is -0.326 e. The lowest BCUT2D eigenvalue weighted by Gasteiger charge is -2.27. The number of hydrogen-bond acceptors (Lipinski definition) is 5. The van der Waals surface area contributed by atoms with Gasteiger partial charge in [-0.15, -0.1) is 0 Å². The minimum atomic E-state index is -3.02. The van der Waals surface area contributed by atoms with Gasteiger partial charge in [0.1, 0.15) is 12.2 Å². The molecule has 2 N–H and O–H groups in total.